The minimum absolute atomic E-state index is 0.231. The summed E-state index contributed by atoms with van der Waals surface area (Å²) in [5, 5.41) is 0. The quantitative estimate of drug-likeness (QED) is 0.0873. The molecule has 2 rings (SSSR count). The van der Waals surface area contributed by atoms with Gasteiger partial charge >= 0.3 is 13.5 Å². The van der Waals surface area contributed by atoms with Crippen LogP contribution in [0.15, 0.2) is 15.8 Å². The Morgan fingerprint density at radius 3 is 2.05 bits per heavy atom. The molecule has 3 unspecified atom stereocenters. The van der Waals surface area contributed by atoms with Crippen molar-refractivity contribution >= 4 is 7.82 Å². The van der Waals surface area contributed by atoms with E-state index < -0.39 is 55.9 Å². The van der Waals surface area contributed by atoms with E-state index in [0.29, 0.717) is 6.61 Å². The molecule has 3 N–H and O–H groups in total. The van der Waals surface area contributed by atoms with Crippen molar-refractivity contribution in [3.63, 3.8) is 0 Å². The van der Waals surface area contributed by atoms with Gasteiger partial charge in [0.15, 0.2) is 0 Å². The number of phosphoric acid groups is 1. The monoisotopic (exact) mass is 650 g/mol. The summed E-state index contributed by atoms with van der Waals surface area (Å²) < 4.78 is 51.2. The van der Waals surface area contributed by atoms with Crippen molar-refractivity contribution < 1.29 is 37.5 Å². The standard InChI is InChI=1S/C31H56FN2O9P/c1-5-7-8-9-10-11-12-13-14-15-16-17-18-19-20-41-27(24(4)40-6-2)29(43-44(37,38)39)28-25(32)21-26(42-28)34-22-23(3)30(35)33-31(34)36/h22,24-29H,5-21H2,1-4H3,(H,33,35,36)(H2,37,38,39)/t24?,25-,26+,27?,28-,29?/m0/s1. The molecule has 2 heterocycles. The summed E-state index contributed by atoms with van der Waals surface area (Å²) in [6, 6.07) is 0. The lowest BCUT2D eigenvalue weighted by Gasteiger charge is -2.35. The molecule has 6 atom stereocenters. The van der Waals surface area contributed by atoms with Gasteiger partial charge in [-0.2, -0.15) is 0 Å². The van der Waals surface area contributed by atoms with Crippen LogP contribution in [-0.4, -0.2) is 63.1 Å². The highest BCUT2D eigenvalue weighted by atomic mass is 31.2. The summed E-state index contributed by atoms with van der Waals surface area (Å²) in [6.07, 6.45) is 10.3. The Kier molecular flexibility index (Phi) is 18.2. The van der Waals surface area contributed by atoms with E-state index in [0.717, 1.165) is 30.3 Å². The molecular formula is C31H56FN2O9P. The molecule has 1 aromatic heterocycles. The Morgan fingerprint density at radius 2 is 1.52 bits per heavy atom. The van der Waals surface area contributed by atoms with Gasteiger partial charge in [0.2, 0.25) is 0 Å². The third-order valence-corrected chi connectivity index (χ3v) is 8.68. The number of hydrogen-bond donors (Lipinski definition) is 3. The van der Waals surface area contributed by atoms with E-state index in [9.17, 15) is 23.9 Å². The number of halogens is 1. The smallest absolute Gasteiger partial charge is 0.376 e. The van der Waals surface area contributed by atoms with Crippen molar-refractivity contribution in [3.8, 4) is 0 Å². The summed E-state index contributed by atoms with van der Waals surface area (Å²) in [5.41, 5.74) is -1.11. The second kappa shape index (κ2) is 20.7. The number of alkyl halides is 1. The molecule has 1 aliphatic rings. The van der Waals surface area contributed by atoms with E-state index in [1.165, 1.54) is 77.3 Å². The largest absolute Gasteiger partial charge is 0.470 e. The molecule has 44 heavy (non-hydrogen) atoms. The van der Waals surface area contributed by atoms with Gasteiger partial charge in [0.25, 0.3) is 5.56 Å². The summed E-state index contributed by atoms with van der Waals surface area (Å²) in [6.45, 7) is 7.74. The molecule has 1 aliphatic heterocycles. The molecule has 0 spiro atoms. The van der Waals surface area contributed by atoms with Crippen LogP contribution in [0, 0.1) is 6.92 Å². The normalized spacial score (nSPS) is 21.0. The molecule has 0 aromatic carbocycles. The van der Waals surface area contributed by atoms with E-state index in [2.05, 4.69) is 11.9 Å². The van der Waals surface area contributed by atoms with E-state index in [1.807, 2.05) is 0 Å². The highest BCUT2D eigenvalue weighted by Crippen LogP contribution is 2.44. The van der Waals surface area contributed by atoms with Gasteiger partial charge in [-0.25, -0.2) is 13.8 Å². The SMILES string of the molecule is CCCCCCCCCCCCCCCCOC(C(C)OCC)C(OP(=O)(O)O)[C@H]1O[C@@H](n2cc(C)c(=O)[nH]c2=O)C[C@@H]1F. The zero-order valence-electron chi connectivity index (χ0n) is 27.1. The van der Waals surface area contributed by atoms with Gasteiger partial charge in [-0.1, -0.05) is 90.4 Å². The molecule has 1 fully saturated rings. The number of phosphoric ester groups is 1. The molecule has 11 nitrogen and oxygen atoms in total. The molecule has 0 bridgehead atoms. The van der Waals surface area contributed by atoms with Gasteiger partial charge in [-0.3, -0.25) is 18.9 Å². The summed E-state index contributed by atoms with van der Waals surface area (Å²) in [7, 11) is -5.10. The van der Waals surface area contributed by atoms with Crippen LogP contribution in [0.3, 0.4) is 0 Å². The van der Waals surface area contributed by atoms with Gasteiger partial charge < -0.3 is 24.0 Å². The van der Waals surface area contributed by atoms with Crippen LogP contribution in [0.2, 0.25) is 0 Å². The second-order valence-electron chi connectivity index (χ2n) is 11.9. The fraction of sp³-hybridized carbons (Fsp3) is 0.871. The predicted octanol–water partition coefficient (Wildman–Crippen LogP) is 6.24. The van der Waals surface area contributed by atoms with Crippen molar-refractivity contribution in [2.45, 2.75) is 161 Å². The van der Waals surface area contributed by atoms with Crippen LogP contribution < -0.4 is 11.2 Å². The number of aromatic amines is 1. The fourth-order valence-electron chi connectivity index (χ4n) is 5.75. The first-order chi connectivity index (χ1) is 21.0. The number of nitrogens with one attached hydrogen (secondary N) is 1. The molecule has 1 aromatic rings. The van der Waals surface area contributed by atoms with E-state index in [1.54, 1.807) is 13.8 Å². The van der Waals surface area contributed by atoms with Crippen LogP contribution in [0.4, 0.5) is 4.39 Å². The molecule has 0 saturated carbocycles. The maximum Gasteiger partial charge on any atom is 0.470 e. The van der Waals surface area contributed by atoms with Crippen LogP contribution in [0.25, 0.3) is 0 Å². The number of unbranched alkanes of at least 4 members (excludes halogenated alkanes) is 13. The first-order valence-electron chi connectivity index (χ1n) is 16.6. The number of nitrogens with zero attached hydrogens (tertiary/aromatic N) is 1. The van der Waals surface area contributed by atoms with Crippen molar-refractivity contribution in [1.82, 2.24) is 9.55 Å². The fourth-order valence-corrected chi connectivity index (χ4v) is 6.31. The zero-order chi connectivity index (χ0) is 32.5. The van der Waals surface area contributed by atoms with Crippen molar-refractivity contribution in [1.29, 1.82) is 0 Å². The van der Waals surface area contributed by atoms with Gasteiger partial charge in [-0.15, -0.1) is 0 Å². The number of rotatable bonds is 24. The third kappa shape index (κ3) is 13.9. The zero-order valence-corrected chi connectivity index (χ0v) is 28.0. The van der Waals surface area contributed by atoms with Gasteiger partial charge in [0, 0.05) is 31.4 Å². The minimum Gasteiger partial charge on any atom is -0.376 e. The maximum atomic E-state index is 15.5. The number of ether oxygens (including phenoxy) is 3. The molecule has 0 aliphatic carbocycles. The van der Waals surface area contributed by atoms with Gasteiger partial charge in [-0.05, 0) is 27.2 Å². The Hall–Kier alpha value is -1.40. The number of hydrogen-bond acceptors (Lipinski definition) is 7. The summed E-state index contributed by atoms with van der Waals surface area (Å²) >= 11 is 0. The summed E-state index contributed by atoms with van der Waals surface area (Å²) in [4.78, 5) is 45.8. The number of aromatic nitrogens is 2. The van der Waals surface area contributed by atoms with Crippen LogP contribution in [-0.2, 0) is 23.3 Å². The van der Waals surface area contributed by atoms with Crippen molar-refractivity contribution in [2.24, 2.45) is 0 Å². The predicted molar refractivity (Wildman–Crippen MR) is 168 cm³/mol. The average molecular weight is 651 g/mol. The molecule has 0 amide bonds. The summed E-state index contributed by atoms with van der Waals surface area (Å²) in [5.74, 6) is 0. The molecule has 13 heteroatoms. The van der Waals surface area contributed by atoms with Crippen molar-refractivity contribution in [3.05, 3.63) is 32.6 Å². The second-order valence-corrected chi connectivity index (χ2v) is 13.1. The lowest BCUT2D eigenvalue weighted by atomic mass is 10.00. The molecule has 256 valence electrons. The number of aryl methyl sites for hydroxylation is 1. The van der Waals surface area contributed by atoms with E-state index in [4.69, 9.17) is 18.7 Å². The Balaban J connectivity index is 1.91. The van der Waals surface area contributed by atoms with Gasteiger partial charge in [0.1, 0.15) is 30.7 Å². The highest BCUT2D eigenvalue weighted by molar-refractivity contribution is 7.46. The topological polar surface area (TPSA) is 149 Å². The Morgan fingerprint density at radius 1 is 0.977 bits per heavy atom. The average Bonchev–Trinajstić information content (AvgIpc) is 3.34. The lowest BCUT2D eigenvalue weighted by Crippen LogP contribution is -2.50. The van der Waals surface area contributed by atoms with Gasteiger partial charge in [0.05, 0.1) is 6.10 Å². The Bertz CT molecular complexity index is 1090. The lowest BCUT2D eigenvalue weighted by molar-refractivity contribution is -0.160. The molecular weight excluding hydrogens is 594 g/mol. The first-order valence-corrected chi connectivity index (χ1v) is 18.1. The third-order valence-electron chi connectivity index (χ3n) is 8.16. The maximum absolute atomic E-state index is 15.5. The number of H-pyrrole nitrogens is 1. The Labute approximate surface area is 261 Å². The molecule has 0 radical (unpaired) electrons. The minimum atomic E-state index is -5.10. The first kappa shape index (κ1) is 38.8. The van der Waals surface area contributed by atoms with Crippen LogP contribution in [0.1, 0.15) is 129 Å². The van der Waals surface area contributed by atoms with Crippen LogP contribution >= 0.6 is 7.82 Å². The molecule has 1 saturated heterocycles. The van der Waals surface area contributed by atoms with E-state index >= 15 is 4.39 Å². The van der Waals surface area contributed by atoms with Crippen molar-refractivity contribution in [2.75, 3.05) is 13.2 Å². The van der Waals surface area contributed by atoms with E-state index in [-0.39, 0.29) is 18.6 Å². The highest BCUT2D eigenvalue weighted by Gasteiger charge is 2.49. The van der Waals surface area contributed by atoms with Crippen LogP contribution in [0.5, 0.6) is 0 Å².